The Morgan fingerprint density at radius 3 is 1.10 bits per heavy atom. The number of esters is 2. The van der Waals surface area contributed by atoms with Crippen LogP contribution in [0.3, 0.4) is 0 Å². The van der Waals surface area contributed by atoms with Gasteiger partial charge in [0.15, 0.2) is 11.2 Å². The molecule has 8 heteroatoms. The second kappa shape index (κ2) is 23.3. The summed E-state index contributed by atoms with van der Waals surface area (Å²) in [4.78, 5) is 29.1. The average Bonchev–Trinajstić information content (AvgIpc) is 3.25. The Morgan fingerprint density at radius 1 is 0.466 bits per heavy atom. The minimum absolute atomic E-state index is 0.0698. The molecule has 0 unspecified atom stereocenters. The molecule has 2 N–H and O–H groups in total. The molecule has 0 atom stereocenters. The van der Waals surface area contributed by atoms with Crippen LogP contribution in [-0.2, 0) is 28.5 Å². The fourth-order valence-electron chi connectivity index (χ4n) is 13.3. The van der Waals surface area contributed by atoms with Crippen molar-refractivity contribution in [1.82, 2.24) is 0 Å². The van der Waals surface area contributed by atoms with Crippen LogP contribution in [0.5, 0.6) is 0 Å². The van der Waals surface area contributed by atoms with Gasteiger partial charge in [-0.15, -0.1) is 0 Å². The third-order valence-corrected chi connectivity index (χ3v) is 16.9. The number of aliphatic hydroxyl groups excluding tert-OH is 2. The summed E-state index contributed by atoms with van der Waals surface area (Å²) in [6, 6.07) is 0. The molecule has 0 aromatic rings. The summed E-state index contributed by atoms with van der Waals surface area (Å²) < 4.78 is 26.4. The van der Waals surface area contributed by atoms with Crippen molar-refractivity contribution in [3.8, 4) is 0 Å². The lowest BCUT2D eigenvalue weighted by Gasteiger charge is -2.56. The van der Waals surface area contributed by atoms with Crippen LogP contribution >= 0.6 is 0 Å². The molecule has 0 radical (unpaired) electrons. The van der Waals surface area contributed by atoms with Crippen molar-refractivity contribution >= 4 is 11.9 Å². The van der Waals surface area contributed by atoms with Crippen molar-refractivity contribution in [2.75, 3.05) is 26.4 Å². The quantitative estimate of drug-likeness (QED) is 0.0979. The molecule has 6 saturated carbocycles. The maximum atomic E-state index is 14.6. The maximum absolute atomic E-state index is 14.6. The smallest absolute Gasteiger partial charge is 0.309 e. The van der Waals surface area contributed by atoms with Gasteiger partial charge in [-0.1, -0.05) is 65.2 Å². The van der Waals surface area contributed by atoms with Crippen molar-refractivity contribution in [3.63, 3.8) is 0 Å². The molecule has 334 valence electrons. The van der Waals surface area contributed by atoms with E-state index in [4.69, 9.17) is 18.9 Å². The Labute approximate surface area is 353 Å². The van der Waals surface area contributed by atoms with Gasteiger partial charge in [0.25, 0.3) is 0 Å². The predicted octanol–water partition coefficient (Wildman–Crippen LogP) is 11.1. The molecule has 0 aliphatic heterocycles. The summed E-state index contributed by atoms with van der Waals surface area (Å²) in [5.41, 5.74) is -1.56. The Balaban J connectivity index is 1.20. The van der Waals surface area contributed by atoms with Crippen molar-refractivity contribution in [3.05, 3.63) is 0 Å². The highest BCUT2D eigenvalue weighted by Gasteiger charge is 2.60. The lowest BCUT2D eigenvalue weighted by Crippen LogP contribution is -2.63. The molecule has 0 bridgehead atoms. The van der Waals surface area contributed by atoms with Crippen molar-refractivity contribution in [2.24, 2.45) is 47.3 Å². The van der Waals surface area contributed by atoms with Gasteiger partial charge in [0.1, 0.15) is 0 Å². The lowest BCUT2D eigenvalue weighted by atomic mass is 9.58. The molecular formula is C50H86O8. The van der Waals surface area contributed by atoms with E-state index in [0.717, 1.165) is 126 Å². The summed E-state index contributed by atoms with van der Waals surface area (Å²) >= 11 is 0. The third-order valence-electron chi connectivity index (χ3n) is 16.9. The van der Waals surface area contributed by atoms with E-state index in [2.05, 4.69) is 13.8 Å². The zero-order chi connectivity index (χ0) is 40.8. The number of carbonyl (C=O) groups excluding carboxylic acids is 2. The number of aliphatic hydroxyl groups is 2. The highest BCUT2D eigenvalue weighted by molar-refractivity contribution is 5.74. The molecule has 6 fully saturated rings. The fourth-order valence-corrected chi connectivity index (χ4v) is 13.3. The fraction of sp³-hybridized carbons (Fsp3) is 0.960. The predicted molar refractivity (Wildman–Crippen MR) is 229 cm³/mol. The molecule has 0 spiro atoms. The summed E-state index contributed by atoms with van der Waals surface area (Å²) in [5.74, 6) is 4.18. The van der Waals surface area contributed by atoms with Gasteiger partial charge in [-0.3, -0.25) is 9.59 Å². The van der Waals surface area contributed by atoms with Crippen LogP contribution in [0.4, 0.5) is 0 Å². The Morgan fingerprint density at radius 2 is 0.793 bits per heavy atom. The van der Waals surface area contributed by atoms with E-state index in [1.54, 1.807) is 0 Å². The Kier molecular flexibility index (Phi) is 18.6. The number of hydrogen-bond donors (Lipinski definition) is 2. The van der Waals surface area contributed by atoms with Crippen LogP contribution in [0.25, 0.3) is 0 Å². The first kappa shape index (κ1) is 46.3. The molecule has 0 saturated heterocycles. The van der Waals surface area contributed by atoms with Crippen molar-refractivity contribution in [2.45, 2.75) is 230 Å². The number of rotatable bonds is 19. The molecule has 58 heavy (non-hydrogen) atoms. The maximum Gasteiger partial charge on any atom is 0.309 e. The van der Waals surface area contributed by atoms with Crippen LogP contribution in [-0.4, -0.2) is 72.0 Å². The third kappa shape index (κ3) is 12.2. The minimum Gasteiger partial charge on any atom is -0.455 e. The summed E-state index contributed by atoms with van der Waals surface area (Å²) in [6.45, 7) is 6.04. The largest absolute Gasteiger partial charge is 0.455 e. The van der Waals surface area contributed by atoms with E-state index in [9.17, 15) is 19.8 Å². The molecule has 6 aliphatic carbocycles. The number of carbonyl (C=O) groups is 2. The average molecular weight is 815 g/mol. The molecule has 0 aromatic carbocycles. The van der Waals surface area contributed by atoms with Crippen LogP contribution in [0.1, 0.15) is 206 Å². The van der Waals surface area contributed by atoms with Crippen molar-refractivity contribution < 1.29 is 38.7 Å². The van der Waals surface area contributed by atoms with Gasteiger partial charge in [-0.2, -0.15) is 0 Å². The van der Waals surface area contributed by atoms with Crippen LogP contribution < -0.4 is 0 Å². The van der Waals surface area contributed by atoms with Crippen LogP contribution in [0.2, 0.25) is 0 Å². The zero-order valence-corrected chi connectivity index (χ0v) is 37.2. The topological polar surface area (TPSA) is 112 Å². The molecule has 8 nitrogen and oxygen atoms in total. The van der Waals surface area contributed by atoms with E-state index in [1.807, 2.05) is 0 Å². The molecule has 0 heterocycles. The van der Waals surface area contributed by atoms with Gasteiger partial charge in [-0.25, -0.2) is 0 Å². The van der Waals surface area contributed by atoms with Crippen LogP contribution in [0.15, 0.2) is 0 Å². The van der Waals surface area contributed by atoms with E-state index >= 15 is 0 Å². The van der Waals surface area contributed by atoms with Gasteiger partial charge in [0.05, 0.1) is 24.0 Å². The van der Waals surface area contributed by atoms with Gasteiger partial charge < -0.3 is 29.2 Å². The second-order valence-electron chi connectivity index (χ2n) is 20.5. The first-order valence-corrected chi connectivity index (χ1v) is 25.2. The highest BCUT2D eigenvalue weighted by atomic mass is 16.6. The Hall–Kier alpha value is -1.22. The first-order valence-electron chi connectivity index (χ1n) is 25.2. The van der Waals surface area contributed by atoms with E-state index in [-0.39, 0.29) is 49.2 Å². The standard InChI is InChI=1S/C50H86O8/c1-3-7-37-9-13-39(14-10-37)41-25-29-49(30-26-41,57-47(53)43-17-21-45(22-18-43)55-35-5-33-51)50(58-48(54)44-19-23-46(24-20-44)56-36-6-34-52)31-27-42(28-32-50)40-15-11-38(8-4-2)12-16-40/h37-46,51-52H,3-36H2,1-2H3. The normalized spacial score (nSPS) is 38.8. The van der Waals surface area contributed by atoms with Gasteiger partial charge in [0, 0.05) is 26.4 Å². The van der Waals surface area contributed by atoms with Gasteiger partial charge >= 0.3 is 11.9 Å². The Bertz CT molecular complexity index is 1080. The molecule has 0 aromatic heterocycles. The summed E-state index contributed by atoms with van der Waals surface area (Å²) in [6.07, 6.45) is 31.5. The number of hydrogen-bond acceptors (Lipinski definition) is 8. The molecular weight excluding hydrogens is 729 g/mol. The van der Waals surface area contributed by atoms with Crippen molar-refractivity contribution in [1.29, 1.82) is 0 Å². The van der Waals surface area contributed by atoms with Crippen LogP contribution in [0, 0.1) is 47.3 Å². The lowest BCUT2D eigenvalue weighted by molar-refractivity contribution is -0.241. The zero-order valence-electron chi connectivity index (χ0n) is 37.2. The summed E-state index contributed by atoms with van der Waals surface area (Å²) in [7, 11) is 0. The molecule has 6 aliphatic rings. The minimum atomic E-state index is -0.779. The van der Waals surface area contributed by atoms with E-state index < -0.39 is 11.2 Å². The van der Waals surface area contributed by atoms with Gasteiger partial charge in [0.2, 0.25) is 0 Å². The highest BCUT2D eigenvalue weighted by Crippen LogP contribution is 2.56. The molecule has 0 amide bonds. The van der Waals surface area contributed by atoms with E-state index in [0.29, 0.717) is 37.9 Å². The number of ether oxygens (including phenoxy) is 4. The SMILES string of the molecule is CCCC1CCC(C2CCC(OC(=O)C3CCC(OCCCO)CC3)(C3(OC(=O)C4CCC(OCCCO)CC4)CCC(C4CCC(CCC)CC4)CC3)CC2)CC1. The second-order valence-corrected chi connectivity index (χ2v) is 20.5. The van der Waals surface area contributed by atoms with E-state index in [1.165, 1.54) is 77.0 Å². The summed E-state index contributed by atoms with van der Waals surface area (Å²) in [5, 5.41) is 18.5. The molecule has 6 rings (SSSR count). The first-order chi connectivity index (χ1) is 28.3. The monoisotopic (exact) mass is 815 g/mol. The van der Waals surface area contributed by atoms with Gasteiger partial charge in [-0.05, 0) is 177 Å².